The number of aliphatic hydroxyl groups is 2. The van der Waals surface area contributed by atoms with E-state index in [2.05, 4.69) is 77.8 Å². The molecule has 72 heavy (non-hydrogen) atoms. The number of ether oxygens (including phenoxy) is 1. The molecule has 0 bridgehead atoms. The molecule has 1 saturated heterocycles. The Morgan fingerprint density at radius 3 is 2.11 bits per heavy atom. The van der Waals surface area contributed by atoms with Crippen LogP contribution in [0.2, 0.25) is 0 Å². The van der Waals surface area contributed by atoms with E-state index >= 15 is 0 Å². The van der Waals surface area contributed by atoms with Crippen LogP contribution in [0, 0.1) is 5.41 Å². The van der Waals surface area contributed by atoms with E-state index in [-0.39, 0.29) is 41.6 Å². The monoisotopic (exact) mass is 1100 g/mol. The number of anilines is 1. The lowest BCUT2D eigenvalue weighted by atomic mass is 9.87. The van der Waals surface area contributed by atoms with Crippen molar-refractivity contribution in [1.82, 2.24) is 30.2 Å². The van der Waals surface area contributed by atoms with Gasteiger partial charge in [0.25, 0.3) is 0 Å². The number of hydrogen-bond acceptors (Lipinski definition) is 18. The molecule has 0 saturated carbocycles. The number of imidazole rings is 1. The minimum absolute atomic E-state index is 0.0318. The van der Waals surface area contributed by atoms with E-state index in [4.69, 9.17) is 19.5 Å². The van der Waals surface area contributed by atoms with E-state index in [0.717, 1.165) is 73.9 Å². The molecule has 1 aliphatic heterocycles. The highest BCUT2D eigenvalue weighted by Gasteiger charge is 2.50. The van der Waals surface area contributed by atoms with Gasteiger partial charge in [-0.3, -0.25) is 32.5 Å². The summed E-state index contributed by atoms with van der Waals surface area (Å²) in [5.74, 6) is -1.06. The standard InChI is InChI=1S/C44H74N7O17P3S/c1-4-5-6-7-8-9-10-11-12-13-14-15-16-17-18-19-20-21-22-23-24-35(53)72-28-27-46-34(52)25-26-47-42(56)39(55)44(2,3)30-65-71(62,63)68-70(60,61)64-29-33-38(67-69(57,58)59)37(54)43(66-33)51-32-50-36-40(45)48-31-49-41(36)51/h12-13,15-16,18-19,31-33,37-39,43,54-55H,4-11,14,17,20-30H2,1-3H3,(H,46,52)(H,47,56)(H,60,61)(H,62,63)(H2,45,48,49)(H2,57,58,59)/b13-12+,16-15+,19-18+. The van der Waals surface area contributed by atoms with Gasteiger partial charge in [0.05, 0.1) is 19.5 Å². The summed E-state index contributed by atoms with van der Waals surface area (Å²) in [5, 5.41) is 26.7. The van der Waals surface area contributed by atoms with Crippen LogP contribution in [0.5, 0.6) is 0 Å². The maximum Gasteiger partial charge on any atom is 0.481 e. The summed E-state index contributed by atoms with van der Waals surface area (Å²) >= 11 is 1.13. The Hall–Kier alpha value is -3.22. The lowest BCUT2D eigenvalue weighted by molar-refractivity contribution is -0.137. The summed E-state index contributed by atoms with van der Waals surface area (Å²) in [4.78, 5) is 88.5. The van der Waals surface area contributed by atoms with Crippen LogP contribution < -0.4 is 16.4 Å². The Morgan fingerprint density at radius 1 is 0.847 bits per heavy atom. The number of amides is 2. The third kappa shape index (κ3) is 24.4. The first-order valence-electron chi connectivity index (χ1n) is 24.1. The average molecular weight is 1100 g/mol. The molecule has 24 nitrogen and oxygen atoms in total. The van der Waals surface area contributed by atoms with Crippen molar-refractivity contribution in [2.75, 3.05) is 37.8 Å². The predicted molar refractivity (Wildman–Crippen MR) is 269 cm³/mol. The number of aliphatic hydroxyl groups excluding tert-OH is 2. The van der Waals surface area contributed by atoms with Crippen molar-refractivity contribution >= 4 is 69.1 Å². The molecule has 408 valence electrons. The molecule has 3 rings (SSSR count). The minimum atomic E-state index is -5.58. The summed E-state index contributed by atoms with van der Waals surface area (Å²) in [6.07, 6.45) is 22.8. The molecule has 0 aliphatic carbocycles. The molecule has 0 spiro atoms. The maximum absolute atomic E-state index is 12.8. The van der Waals surface area contributed by atoms with Gasteiger partial charge < -0.3 is 50.9 Å². The molecule has 1 fully saturated rings. The molecule has 2 amide bonds. The minimum Gasteiger partial charge on any atom is -0.386 e. The van der Waals surface area contributed by atoms with Crippen LogP contribution in [-0.2, 0) is 50.7 Å². The number of nitrogen functional groups attached to an aromatic ring is 1. The Balaban J connectivity index is 1.26. The van der Waals surface area contributed by atoms with E-state index in [9.17, 15) is 57.9 Å². The summed E-state index contributed by atoms with van der Waals surface area (Å²) in [5.41, 5.74) is 4.28. The number of hydrogen-bond donors (Lipinski definition) is 9. The SMILES string of the molecule is CCCCCCCCC/C=C/C/C=C/C/C=C/CCCCCC(=O)SCCNC(=O)CCNC(=O)C(O)C(C)(C)COP(=O)(O)OP(=O)(O)OCC1OC(n2cnc3c(N)ncnc32)C(O)C1OP(=O)(O)O. The Morgan fingerprint density at radius 2 is 1.46 bits per heavy atom. The second-order valence-electron chi connectivity index (χ2n) is 17.7. The van der Waals surface area contributed by atoms with Crippen molar-refractivity contribution in [3.63, 3.8) is 0 Å². The van der Waals surface area contributed by atoms with Crippen LogP contribution in [0.4, 0.5) is 5.82 Å². The number of thioether (sulfide) groups is 1. The van der Waals surface area contributed by atoms with Gasteiger partial charge in [-0.2, -0.15) is 4.31 Å². The van der Waals surface area contributed by atoms with Crippen LogP contribution in [0.15, 0.2) is 49.1 Å². The van der Waals surface area contributed by atoms with Gasteiger partial charge in [-0.25, -0.2) is 28.6 Å². The van der Waals surface area contributed by atoms with Crippen LogP contribution >= 0.6 is 35.2 Å². The number of allylic oxidation sites excluding steroid dienone is 6. The van der Waals surface area contributed by atoms with Gasteiger partial charge in [-0.15, -0.1) is 0 Å². The number of phosphoric ester groups is 3. The van der Waals surface area contributed by atoms with Crippen molar-refractivity contribution in [1.29, 1.82) is 0 Å². The first-order valence-corrected chi connectivity index (χ1v) is 29.6. The Labute approximate surface area is 424 Å². The number of carbonyl (C=O) groups is 3. The third-order valence-corrected chi connectivity index (χ3v) is 15.1. The van der Waals surface area contributed by atoms with Gasteiger partial charge in [-0.1, -0.05) is 114 Å². The number of nitrogens with two attached hydrogens (primary N) is 1. The van der Waals surface area contributed by atoms with Crippen LogP contribution in [0.25, 0.3) is 11.2 Å². The molecule has 7 atom stereocenters. The summed E-state index contributed by atoms with van der Waals surface area (Å²) in [6.45, 7) is 2.78. The Bertz CT molecular complexity index is 2230. The summed E-state index contributed by atoms with van der Waals surface area (Å²) in [6, 6.07) is 0. The second kappa shape index (κ2) is 32.3. The largest absolute Gasteiger partial charge is 0.481 e. The first-order chi connectivity index (χ1) is 34.1. The number of fused-ring (bicyclic) bond motifs is 1. The van der Waals surface area contributed by atoms with Crippen molar-refractivity contribution in [3.05, 3.63) is 49.1 Å². The fourth-order valence-electron chi connectivity index (χ4n) is 7.07. The van der Waals surface area contributed by atoms with Crippen molar-refractivity contribution in [2.45, 2.75) is 154 Å². The lowest BCUT2D eigenvalue weighted by Crippen LogP contribution is -2.46. The predicted octanol–water partition coefficient (Wildman–Crippen LogP) is 6.20. The fourth-order valence-corrected chi connectivity index (χ4v) is 10.6. The molecule has 2 aromatic heterocycles. The number of rotatable bonds is 37. The average Bonchev–Trinajstić information content (AvgIpc) is 3.87. The quantitative estimate of drug-likeness (QED) is 0.0206. The van der Waals surface area contributed by atoms with Crippen LogP contribution in [-0.4, -0.2) is 123 Å². The lowest BCUT2D eigenvalue weighted by Gasteiger charge is -2.30. The van der Waals surface area contributed by atoms with E-state index in [1.807, 2.05) is 0 Å². The van der Waals surface area contributed by atoms with Gasteiger partial charge in [0, 0.05) is 37.1 Å². The normalized spacial score (nSPS) is 19.8. The number of phosphoric acid groups is 3. The van der Waals surface area contributed by atoms with Crippen molar-refractivity contribution in [3.8, 4) is 0 Å². The molecule has 2 aromatic rings. The third-order valence-electron chi connectivity index (χ3n) is 11.0. The van der Waals surface area contributed by atoms with Crippen molar-refractivity contribution in [2.24, 2.45) is 5.41 Å². The van der Waals surface area contributed by atoms with Crippen LogP contribution in [0.3, 0.4) is 0 Å². The number of nitrogens with one attached hydrogen (secondary N) is 2. The highest BCUT2D eigenvalue weighted by molar-refractivity contribution is 8.13. The second-order valence-corrected chi connectivity index (χ2v) is 23.1. The molecule has 10 N–H and O–H groups in total. The highest BCUT2D eigenvalue weighted by Crippen LogP contribution is 2.61. The van der Waals surface area contributed by atoms with Crippen LogP contribution in [0.1, 0.15) is 130 Å². The molecule has 0 radical (unpaired) electrons. The van der Waals surface area contributed by atoms with Gasteiger partial charge in [0.1, 0.15) is 36.3 Å². The molecule has 0 aromatic carbocycles. The summed E-state index contributed by atoms with van der Waals surface area (Å²) in [7, 11) is -16.4. The molecular weight excluding hydrogens is 1020 g/mol. The number of nitrogens with zero attached hydrogens (tertiary/aromatic N) is 4. The van der Waals surface area contributed by atoms with E-state index < -0.39 is 84.6 Å². The zero-order valence-electron chi connectivity index (χ0n) is 41.1. The highest BCUT2D eigenvalue weighted by atomic mass is 32.2. The van der Waals surface area contributed by atoms with E-state index in [1.165, 1.54) is 58.8 Å². The zero-order chi connectivity index (χ0) is 53.2. The number of aromatic nitrogens is 4. The van der Waals surface area contributed by atoms with E-state index in [0.29, 0.717) is 12.2 Å². The van der Waals surface area contributed by atoms with E-state index in [1.54, 1.807) is 0 Å². The first kappa shape index (κ1) is 63.1. The fraction of sp³-hybridized carbons (Fsp3) is 0.682. The molecular formula is C44H74N7O17P3S. The smallest absolute Gasteiger partial charge is 0.386 e. The van der Waals surface area contributed by atoms with Gasteiger partial charge in [0.15, 0.2) is 22.8 Å². The number of unbranched alkanes of at least 4 members (excludes halogenated alkanes) is 10. The van der Waals surface area contributed by atoms with Crippen molar-refractivity contribution < 1.29 is 80.5 Å². The molecule has 3 heterocycles. The number of carbonyl (C=O) groups excluding carboxylic acids is 3. The molecule has 28 heteroatoms. The zero-order valence-corrected chi connectivity index (χ0v) is 44.6. The molecule has 7 unspecified atom stereocenters. The van der Waals surface area contributed by atoms with Gasteiger partial charge in [0.2, 0.25) is 11.8 Å². The van der Waals surface area contributed by atoms with Gasteiger partial charge >= 0.3 is 23.5 Å². The summed E-state index contributed by atoms with van der Waals surface area (Å²) < 4.78 is 62.5. The van der Waals surface area contributed by atoms with Gasteiger partial charge in [-0.05, 0) is 44.9 Å². The topological polar surface area (TPSA) is 364 Å². The maximum atomic E-state index is 12.8. The Kier molecular flexibility index (Phi) is 28.3. The molecule has 1 aliphatic rings.